The van der Waals surface area contributed by atoms with Gasteiger partial charge in [0.05, 0.1) is 22.7 Å². The number of hydrogen-bond donors (Lipinski definition) is 0. The van der Waals surface area contributed by atoms with Crippen molar-refractivity contribution in [1.82, 2.24) is 19.9 Å². The molecular weight excluding hydrogens is 1190 g/mol. The maximum atomic E-state index is 4.86. The molecule has 14 aromatic carbocycles. The minimum Gasteiger partial charge on any atom is -0.294 e. The molecule has 0 radical (unpaired) electrons. The summed E-state index contributed by atoms with van der Waals surface area (Å²) >= 11 is 0. The lowest BCUT2D eigenvalue weighted by Crippen LogP contribution is -2.13. The lowest BCUT2D eigenvalue weighted by Gasteiger charge is -2.28. The summed E-state index contributed by atoms with van der Waals surface area (Å²) in [5.41, 5.74) is 15.6. The van der Waals surface area contributed by atoms with E-state index in [1.807, 2.05) is 36.9 Å². The average molecular weight is 1260 g/mol. The third-order valence-electron chi connectivity index (χ3n) is 18.7. The molecule has 4 heterocycles. The van der Waals surface area contributed by atoms with E-state index >= 15 is 0 Å². The van der Waals surface area contributed by atoms with E-state index in [0.717, 1.165) is 90.7 Å². The summed E-state index contributed by atoms with van der Waals surface area (Å²) < 4.78 is 0. The van der Waals surface area contributed by atoms with Crippen LogP contribution in [0.15, 0.2) is 352 Å². The molecule has 18 aromatic rings. The number of anilines is 12. The number of para-hydroxylation sites is 2. The number of pyridine rings is 4. The van der Waals surface area contributed by atoms with Gasteiger partial charge in [-0.1, -0.05) is 218 Å². The van der Waals surface area contributed by atoms with Gasteiger partial charge in [-0.05, 0) is 200 Å². The van der Waals surface area contributed by atoms with Crippen LogP contribution in [-0.2, 0) is 0 Å². The van der Waals surface area contributed by atoms with Gasteiger partial charge in [-0.3, -0.25) is 19.6 Å². The van der Waals surface area contributed by atoms with Crippen LogP contribution in [-0.4, -0.2) is 19.9 Å². The standard InChI is InChI=1S/C50H34N4.C40H30N4/c1-3-11-35(12-4-1)37-17-25-41(26-18-37)53(47-15-7-9-33-51-47)45-31-23-39-22-30-44-46(32-24-40-21-29-43(45)49(39)50(40)44)54(48-16-8-10-34-52-48)42-27-19-38(20-28-42)36-13-5-2-6-14-36;1-27-13-23-37(41-25-27)43(31-9-5-3-6-10-31)35-21-17-29-16-20-34-36(22-18-30-15-19-33(35)39(29)40(30)34)44(32-11-7-4-8-12-32)38-24-14-28(2)26-42-38/h1-34H;3-26H,1-2H3. The summed E-state index contributed by atoms with van der Waals surface area (Å²) in [6.07, 6.45) is 7.60. The fraction of sp³-hybridized carbons (Fsp3) is 0.0222. The molecule has 0 N–H and O–H groups in total. The summed E-state index contributed by atoms with van der Waals surface area (Å²) in [5.74, 6) is 3.50. The smallest absolute Gasteiger partial charge is 0.137 e. The van der Waals surface area contributed by atoms with Gasteiger partial charge in [0.2, 0.25) is 0 Å². The van der Waals surface area contributed by atoms with Gasteiger partial charge in [-0.2, -0.15) is 0 Å². The molecule has 0 unspecified atom stereocenters. The first-order valence-corrected chi connectivity index (χ1v) is 33.2. The Morgan fingerprint density at radius 2 is 0.469 bits per heavy atom. The number of hydrogen-bond acceptors (Lipinski definition) is 8. The largest absolute Gasteiger partial charge is 0.294 e. The SMILES string of the molecule is Cc1ccc(N(c2ccccc2)c2ccc3ccc4c(N(c5ccccc5)c5ccc(C)cn5)ccc5ccc2c3c54)nc1.c1ccc(-c2ccc(N(c3ccccn3)c3ccc4ccc5c(N(c6ccc(-c7ccccc7)cc6)c6ccccn6)ccc6ccc3c4c65)cc2)cc1. The summed E-state index contributed by atoms with van der Waals surface area (Å²) in [4.78, 5) is 28.5. The van der Waals surface area contributed by atoms with Crippen molar-refractivity contribution in [3.05, 3.63) is 363 Å². The van der Waals surface area contributed by atoms with Crippen molar-refractivity contribution in [2.24, 2.45) is 0 Å². The molecule has 0 aliphatic carbocycles. The van der Waals surface area contributed by atoms with Crippen molar-refractivity contribution < 1.29 is 0 Å². The molecule has 0 aliphatic heterocycles. The Kier molecular flexibility index (Phi) is 15.2. The van der Waals surface area contributed by atoms with Crippen LogP contribution in [0.25, 0.3) is 86.9 Å². The average Bonchev–Trinajstić information content (AvgIpc) is 0.728. The van der Waals surface area contributed by atoms with Crippen molar-refractivity contribution in [2.75, 3.05) is 19.6 Å². The second-order valence-corrected chi connectivity index (χ2v) is 24.8. The second-order valence-electron chi connectivity index (χ2n) is 24.8. The number of nitrogens with zero attached hydrogens (tertiary/aromatic N) is 8. The van der Waals surface area contributed by atoms with Crippen molar-refractivity contribution in [2.45, 2.75) is 13.8 Å². The molecule has 0 bridgehead atoms. The van der Waals surface area contributed by atoms with Crippen LogP contribution in [0.5, 0.6) is 0 Å². The van der Waals surface area contributed by atoms with Crippen molar-refractivity contribution in [3.8, 4) is 22.3 Å². The van der Waals surface area contributed by atoms with Crippen LogP contribution >= 0.6 is 0 Å². The minimum atomic E-state index is 0.862. The first kappa shape index (κ1) is 58.8. The molecule has 18 rings (SSSR count). The van der Waals surface area contributed by atoms with E-state index in [2.05, 4.69) is 349 Å². The quantitative estimate of drug-likeness (QED) is 0.0998. The van der Waals surface area contributed by atoms with Crippen LogP contribution in [0.4, 0.5) is 68.8 Å². The predicted octanol–water partition coefficient (Wildman–Crippen LogP) is 24.6. The lowest BCUT2D eigenvalue weighted by atomic mass is 9.92. The molecule has 98 heavy (non-hydrogen) atoms. The molecule has 0 fully saturated rings. The van der Waals surface area contributed by atoms with Crippen LogP contribution in [0.3, 0.4) is 0 Å². The summed E-state index contributed by atoms with van der Waals surface area (Å²) in [5, 5.41) is 14.5. The van der Waals surface area contributed by atoms with E-state index in [1.165, 1.54) is 76.1 Å². The summed E-state index contributed by atoms with van der Waals surface area (Å²) in [7, 11) is 0. The number of aromatic nitrogens is 4. The van der Waals surface area contributed by atoms with Gasteiger partial charge in [0.25, 0.3) is 0 Å². The number of aryl methyl sites for hydroxylation is 2. The van der Waals surface area contributed by atoms with Crippen molar-refractivity contribution in [1.29, 1.82) is 0 Å². The topological polar surface area (TPSA) is 64.5 Å². The van der Waals surface area contributed by atoms with E-state index in [4.69, 9.17) is 19.9 Å². The van der Waals surface area contributed by atoms with Gasteiger partial charge >= 0.3 is 0 Å². The highest BCUT2D eigenvalue weighted by atomic mass is 15.2. The minimum absolute atomic E-state index is 0.862. The van der Waals surface area contributed by atoms with Gasteiger partial charge in [-0.15, -0.1) is 0 Å². The van der Waals surface area contributed by atoms with Crippen LogP contribution in [0, 0.1) is 13.8 Å². The van der Waals surface area contributed by atoms with Gasteiger partial charge in [0.15, 0.2) is 0 Å². The molecule has 0 aliphatic rings. The number of rotatable bonds is 14. The fourth-order valence-electron chi connectivity index (χ4n) is 14.1. The van der Waals surface area contributed by atoms with Crippen molar-refractivity contribution in [3.63, 3.8) is 0 Å². The Labute approximate surface area is 569 Å². The molecule has 464 valence electrons. The maximum Gasteiger partial charge on any atom is 0.137 e. The van der Waals surface area contributed by atoms with Crippen LogP contribution in [0.2, 0.25) is 0 Å². The predicted molar refractivity (Wildman–Crippen MR) is 411 cm³/mol. The van der Waals surface area contributed by atoms with E-state index in [9.17, 15) is 0 Å². The Balaban J connectivity index is 0.000000150. The van der Waals surface area contributed by atoms with E-state index in [-0.39, 0.29) is 0 Å². The molecule has 8 heteroatoms. The molecule has 0 atom stereocenters. The molecule has 0 saturated carbocycles. The Bertz CT molecular complexity index is 5430. The molecular formula is C90H64N8. The Morgan fingerprint density at radius 1 is 0.204 bits per heavy atom. The molecule has 0 amide bonds. The summed E-state index contributed by atoms with van der Waals surface area (Å²) in [6.45, 7) is 4.14. The van der Waals surface area contributed by atoms with Crippen LogP contribution < -0.4 is 19.6 Å². The zero-order chi connectivity index (χ0) is 65.5. The monoisotopic (exact) mass is 1260 g/mol. The number of benzene rings is 14. The molecule has 0 saturated heterocycles. The lowest BCUT2D eigenvalue weighted by molar-refractivity contribution is 1.17. The third kappa shape index (κ3) is 10.8. The Morgan fingerprint density at radius 3 is 0.755 bits per heavy atom. The zero-order valence-corrected chi connectivity index (χ0v) is 54.1. The highest BCUT2D eigenvalue weighted by Gasteiger charge is 2.25. The maximum absolute atomic E-state index is 4.86. The van der Waals surface area contributed by atoms with Crippen LogP contribution in [0.1, 0.15) is 11.1 Å². The normalized spacial score (nSPS) is 11.4. The highest BCUT2D eigenvalue weighted by molar-refractivity contribution is 6.29. The molecule has 8 nitrogen and oxygen atoms in total. The molecule has 4 aromatic heterocycles. The fourth-order valence-corrected chi connectivity index (χ4v) is 14.1. The van der Waals surface area contributed by atoms with E-state index in [1.54, 1.807) is 0 Å². The van der Waals surface area contributed by atoms with E-state index < -0.39 is 0 Å². The highest BCUT2D eigenvalue weighted by Crippen LogP contribution is 2.50. The van der Waals surface area contributed by atoms with Gasteiger partial charge in [-0.25, -0.2) is 19.9 Å². The van der Waals surface area contributed by atoms with E-state index in [0.29, 0.717) is 0 Å². The first-order chi connectivity index (χ1) is 48.5. The van der Waals surface area contributed by atoms with Gasteiger partial charge in [0.1, 0.15) is 23.3 Å². The third-order valence-corrected chi connectivity index (χ3v) is 18.7. The zero-order valence-electron chi connectivity index (χ0n) is 54.1. The summed E-state index contributed by atoms with van der Waals surface area (Å²) in [6, 6.07) is 116. The second kappa shape index (κ2) is 25.4. The van der Waals surface area contributed by atoms with Gasteiger partial charge in [0, 0.05) is 69.1 Å². The molecule has 0 spiro atoms. The Hall–Kier alpha value is -13.0. The van der Waals surface area contributed by atoms with Gasteiger partial charge < -0.3 is 0 Å². The van der Waals surface area contributed by atoms with Crippen molar-refractivity contribution >= 4 is 133 Å². The first-order valence-electron chi connectivity index (χ1n) is 33.2.